The molecule has 16 heavy (non-hydrogen) atoms. The molecule has 0 saturated carbocycles. The van der Waals surface area contributed by atoms with Crippen LogP contribution in [0.4, 0.5) is 0 Å². The van der Waals surface area contributed by atoms with Crippen molar-refractivity contribution in [1.82, 2.24) is 4.98 Å². The third-order valence-electron chi connectivity index (χ3n) is 1.99. The predicted octanol–water partition coefficient (Wildman–Crippen LogP) is 3.42. The number of hydrogen-bond acceptors (Lipinski definition) is 2. The van der Waals surface area contributed by atoms with Gasteiger partial charge in [0.15, 0.2) is 0 Å². The van der Waals surface area contributed by atoms with Crippen LogP contribution in [0.3, 0.4) is 0 Å². The third-order valence-corrected chi connectivity index (χ3v) is 1.99. The molecule has 1 N–H and O–H groups in total. The first-order valence-electron chi connectivity index (χ1n) is 4.70. The molecule has 0 unspecified atom stereocenters. The Bertz CT molecular complexity index is 434. The van der Waals surface area contributed by atoms with E-state index >= 15 is 0 Å². The largest absolute Gasteiger partial charge is 0.674 e. The van der Waals surface area contributed by atoms with Gasteiger partial charge in [-0.25, -0.2) is 0 Å². The fourth-order valence-electron chi connectivity index (χ4n) is 1.26. The van der Waals surface area contributed by atoms with Crippen molar-refractivity contribution in [2.24, 2.45) is 0 Å². The van der Waals surface area contributed by atoms with Gasteiger partial charge >= 0.3 is 0 Å². The van der Waals surface area contributed by atoms with Crippen LogP contribution in [-0.4, -0.2) is 4.98 Å². The SMILES string of the molecule is [NH-]Cc1cccc(Oc2ccncc2)c1.[V]. The van der Waals surface area contributed by atoms with Gasteiger partial charge < -0.3 is 10.5 Å². The number of ether oxygens (including phenoxy) is 1. The molecule has 0 amide bonds. The van der Waals surface area contributed by atoms with E-state index in [2.05, 4.69) is 4.98 Å². The molecule has 0 aliphatic rings. The summed E-state index contributed by atoms with van der Waals surface area (Å²) >= 11 is 0. The second-order valence-corrected chi connectivity index (χ2v) is 3.11. The molecule has 0 fully saturated rings. The first kappa shape index (κ1) is 12.8. The van der Waals surface area contributed by atoms with Crippen molar-refractivity contribution < 1.29 is 23.3 Å². The van der Waals surface area contributed by atoms with E-state index in [1.807, 2.05) is 24.3 Å². The number of nitrogens with zero attached hydrogens (tertiary/aromatic N) is 1. The monoisotopic (exact) mass is 250 g/mol. The molecular weight excluding hydrogens is 239 g/mol. The quantitative estimate of drug-likeness (QED) is 0.837. The minimum absolute atomic E-state index is 0. The minimum atomic E-state index is 0. The Balaban J connectivity index is 0.00000128. The first-order valence-corrected chi connectivity index (χ1v) is 4.70. The number of pyridine rings is 1. The maximum atomic E-state index is 7.25. The molecule has 1 aromatic heterocycles. The maximum absolute atomic E-state index is 7.25. The van der Waals surface area contributed by atoms with Crippen molar-refractivity contribution in [3.8, 4) is 11.5 Å². The molecule has 0 aliphatic carbocycles. The first-order chi connectivity index (χ1) is 7.38. The summed E-state index contributed by atoms with van der Waals surface area (Å²) in [5, 5.41) is 0. The van der Waals surface area contributed by atoms with E-state index in [9.17, 15) is 0 Å². The molecule has 0 spiro atoms. The van der Waals surface area contributed by atoms with Crippen LogP contribution in [0.1, 0.15) is 5.56 Å². The van der Waals surface area contributed by atoms with Gasteiger partial charge in [0.05, 0.1) is 0 Å². The van der Waals surface area contributed by atoms with Gasteiger partial charge in [0.2, 0.25) is 0 Å². The van der Waals surface area contributed by atoms with Gasteiger partial charge in [-0.1, -0.05) is 17.7 Å². The molecule has 81 valence electrons. The fourth-order valence-corrected chi connectivity index (χ4v) is 1.26. The van der Waals surface area contributed by atoms with E-state index in [1.165, 1.54) is 0 Å². The Morgan fingerprint density at radius 2 is 1.81 bits per heavy atom. The summed E-state index contributed by atoms with van der Waals surface area (Å²) < 4.78 is 5.60. The Hall–Kier alpha value is -1.29. The van der Waals surface area contributed by atoms with Gasteiger partial charge in [-0.2, -0.15) is 0 Å². The van der Waals surface area contributed by atoms with E-state index in [0.717, 1.165) is 17.1 Å². The summed E-state index contributed by atoms with van der Waals surface area (Å²) in [7, 11) is 0. The van der Waals surface area contributed by atoms with Crippen LogP contribution in [0.5, 0.6) is 11.5 Å². The summed E-state index contributed by atoms with van der Waals surface area (Å²) in [6.07, 6.45) is 3.37. The van der Waals surface area contributed by atoms with E-state index in [0.29, 0.717) is 0 Å². The van der Waals surface area contributed by atoms with Crippen LogP contribution in [0.25, 0.3) is 5.73 Å². The molecule has 0 bridgehead atoms. The Morgan fingerprint density at radius 3 is 2.50 bits per heavy atom. The van der Waals surface area contributed by atoms with Gasteiger partial charge in [0.25, 0.3) is 0 Å². The normalized spacial score (nSPS) is 9.31. The predicted molar refractivity (Wildman–Crippen MR) is 58.8 cm³/mol. The molecular formula is C12H11N2OV-. The average Bonchev–Trinajstić information content (AvgIpc) is 2.31. The van der Waals surface area contributed by atoms with Gasteiger partial charge in [0, 0.05) is 30.9 Å². The van der Waals surface area contributed by atoms with Gasteiger partial charge in [-0.3, -0.25) is 4.98 Å². The summed E-state index contributed by atoms with van der Waals surface area (Å²) in [5.41, 5.74) is 8.20. The van der Waals surface area contributed by atoms with Crippen LogP contribution in [0.2, 0.25) is 0 Å². The van der Waals surface area contributed by atoms with Crippen molar-refractivity contribution in [1.29, 1.82) is 0 Å². The zero-order chi connectivity index (χ0) is 10.5. The second kappa shape index (κ2) is 6.33. The number of rotatable bonds is 3. The van der Waals surface area contributed by atoms with Gasteiger partial charge in [-0.15, -0.1) is 6.54 Å². The summed E-state index contributed by atoms with van der Waals surface area (Å²) in [6.45, 7) is 0.271. The van der Waals surface area contributed by atoms with Crippen LogP contribution in [-0.2, 0) is 25.1 Å². The van der Waals surface area contributed by atoms with Crippen LogP contribution >= 0.6 is 0 Å². The Labute approximate surface area is 107 Å². The van der Waals surface area contributed by atoms with Gasteiger partial charge in [-0.05, 0) is 24.3 Å². The van der Waals surface area contributed by atoms with E-state index < -0.39 is 0 Å². The second-order valence-electron chi connectivity index (χ2n) is 3.11. The maximum Gasteiger partial charge on any atom is 0.130 e. The molecule has 0 saturated heterocycles. The molecule has 0 aliphatic heterocycles. The smallest absolute Gasteiger partial charge is 0.130 e. The van der Waals surface area contributed by atoms with E-state index in [-0.39, 0.29) is 25.1 Å². The number of nitrogens with one attached hydrogen (secondary N) is 1. The summed E-state index contributed by atoms with van der Waals surface area (Å²) in [6, 6.07) is 11.1. The third kappa shape index (κ3) is 3.38. The van der Waals surface area contributed by atoms with Crippen molar-refractivity contribution in [2.75, 3.05) is 0 Å². The van der Waals surface area contributed by atoms with Gasteiger partial charge in [0.1, 0.15) is 11.5 Å². The molecule has 1 heterocycles. The molecule has 2 aromatic rings. The Morgan fingerprint density at radius 1 is 1.06 bits per heavy atom. The van der Waals surface area contributed by atoms with Crippen LogP contribution in [0.15, 0.2) is 48.8 Å². The molecule has 3 nitrogen and oxygen atoms in total. The van der Waals surface area contributed by atoms with Crippen molar-refractivity contribution in [3.63, 3.8) is 0 Å². The zero-order valence-electron chi connectivity index (χ0n) is 8.63. The number of aromatic nitrogens is 1. The number of hydrogen-bond donors (Lipinski definition) is 0. The molecule has 2 rings (SSSR count). The number of benzene rings is 1. The van der Waals surface area contributed by atoms with Crippen LogP contribution < -0.4 is 4.74 Å². The zero-order valence-corrected chi connectivity index (χ0v) is 10.0. The molecule has 1 aromatic carbocycles. The molecule has 0 atom stereocenters. The Kier molecular flexibility index (Phi) is 5.06. The summed E-state index contributed by atoms with van der Waals surface area (Å²) in [5.74, 6) is 1.51. The van der Waals surface area contributed by atoms with E-state index in [4.69, 9.17) is 10.5 Å². The van der Waals surface area contributed by atoms with Crippen molar-refractivity contribution in [2.45, 2.75) is 6.54 Å². The summed E-state index contributed by atoms with van der Waals surface area (Å²) in [4.78, 5) is 3.91. The average molecular weight is 250 g/mol. The fraction of sp³-hybridized carbons (Fsp3) is 0.0833. The van der Waals surface area contributed by atoms with Crippen molar-refractivity contribution in [3.05, 3.63) is 60.1 Å². The van der Waals surface area contributed by atoms with Crippen LogP contribution in [0, 0.1) is 0 Å². The van der Waals surface area contributed by atoms with Crippen molar-refractivity contribution >= 4 is 0 Å². The minimum Gasteiger partial charge on any atom is -0.674 e. The molecule has 4 heteroatoms. The molecule has 1 radical (unpaired) electrons. The van der Waals surface area contributed by atoms with E-state index in [1.54, 1.807) is 24.5 Å². The standard InChI is InChI=1S/C12H11N2O.V/c13-9-10-2-1-3-12(8-10)15-11-4-6-14-7-5-11;/h1-8,13H,9H2;/q-1;. The topological polar surface area (TPSA) is 45.9 Å².